The van der Waals surface area contributed by atoms with Crippen LogP contribution in [-0.2, 0) is 9.53 Å². The van der Waals surface area contributed by atoms with E-state index >= 15 is 0 Å². The fourth-order valence-corrected chi connectivity index (χ4v) is 4.57. The lowest BCUT2D eigenvalue weighted by atomic mass is 9.95. The SMILES string of the molecule is CCOc1ccccc1OCCCC(=O)N1CCC(CN2CC(C)OC(C)C2)CC1. The number of benzene rings is 1. The third-order valence-electron chi connectivity index (χ3n) is 5.92. The van der Waals surface area contributed by atoms with Crippen molar-refractivity contribution in [1.29, 1.82) is 0 Å². The highest BCUT2D eigenvalue weighted by atomic mass is 16.5. The number of ether oxygens (including phenoxy) is 3. The van der Waals surface area contributed by atoms with E-state index in [2.05, 4.69) is 18.7 Å². The number of hydrogen-bond donors (Lipinski definition) is 0. The van der Waals surface area contributed by atoms with Gasteiger partial charge in [0.05, 0.1) is 25.4 Å². The van der Waals surface area contributed by atoms with Crippen molar-refractivity contribution in [2.45, 2.75) is 58.7 Å². The number of rotatable bonds is 9. The zero-order chi connectivity index (χ0) is 21.3. The second kappa shape index (κ2) is 11.6. The van der Waals surface area contributed by atoms with Gasteiger partial charge < -0.3 is 19.1 Å². The van der Waals surface area contributed by atoms with Gasteiger partial charge in [-0.1, -0.05) is 12.1 Å². The van der Waals surface area contributed by atoms with Crippen LogP contribution in [-0.4, -0.2) is 73.9 Å². The second-order valence-corrected chi connectivity index (χ2v) is 8.63. The molecule has 2 fully saturated rings. The molecule has 0 bridgehead atoms. The van der Waals surface area contributed by atoms with Crippen LogP contribution in [0.5, 0.6) is 11.5 Å². The Labute approximate surface area is 181 Å². The molecule has 6 nitrogen and oxygen atoms in total. The summed E-state index contributed by atoms with van der Waals surface area (Å²) < 4.78 is 17.2. The normalized spacial score (nSPS) is 23.4. The summed E-state index contributed by atoms with van der Waals surface area (Å²) in [5.74, 6) is 2.45. The van der Waals surface area contributed by atoms with Crippen molar-refractivity contribution in [2.24, 2.45) is 5.92 Å². The molecule has 2 aliphatic heterocycles. The van der Waals surface area contributed by atoms with Crippen molar-refractivity contribution in [2.75, 3.05) is 45.9 Å². The predicted molar refractivity (Wildman–Crippen MR) is 118 cm³/mol. The summed E-state index contributed by atoms with van der Waals surface area (Å²) in [5, 5.41) is 0. The number of hydrogen-bond acceptors (Lipinski definition) is 5. The van der Waals surface area contributed by atoms with Crippen LogP contribution in [0.25, 0.3) is 0 Å². The van der Waals surface area contributed by atoms with Crippen LogP contribution in [0.2, 0.25) is 0 Å². The quantitative estimate of drug-likeness (QED) is 0.574. The molecule has 30 heavy (non-hydrogen) atoms. The van der Waals surface area contributed by atoms with Crippen molar-refractivity contribution in [1.82, 2.24) is 9.80 Å². The zero-order valence-corrected chi connectivity index (χ0v) is 18.8. The molecule has 3 rings (SSSR count). The lowest BCUT2D eigenvalue weighted by Gasteiger charge is -2.39. The summed E-state index contributed by atoms with van der Waals surface area (Å²) in [4.78, 5) is 17.2. The molecule has 1 aromatic rings. The maximum Gasteiger partial charge on any atom is 0.222 e. The number of carbonyl (C=O) groups is 1. The highest BCUT2D eigenvalue weighted by molar-refractivity contribution is 5.76. The van der Waals surface area contributed by atoms with E-state index in [4.69, 9.17) is 14.2 Å². The minimum atomic E-state index is 0.253. The number of amides is 1. The van der Waals surface area contributed by atoms with Crippen molar-refractivity contribution >= 4 is 5.91 Å². The number of piperidine rings is 1. The number of para-hydroxylation sites is 2. The van der Waals surface area contributed by atoms with Gasteiger partial charge in [0, 0.05) is 39.1 Å². The summed E-state index contributed by atoms with van der Waals surface area (Å²) in [6.45, 7) is 12.4. The fourth-order valence-electron chi connectivity index (χ4n) is 4.57. The topological polar surface area (TPSA) is 51.2 Å². The summed E-state index contributed by atoms with van der Waals surface area (Å²) in [6, 6.07) is 7.69. The van der Waals surface area contributed by atoms with Crippen LogP contribution >= 0.6 is 0 Å². The van der Waals surface area contributed by atoms with Crippen LogP contribution in [0.15, 0.2) is 24.3 Å². The van der Waals surface area contributed by atoms with Gasteiger partial charge in [0.1, 0.15) is 0 Å². The first-order chi connectivity index (χ1) is 14.5. The molecule has 2 aliphatic rings. The van der Waals surface area contributed by atoms with Crippen molar-refractivity contribution < 1.29 is 19.0 Å². The number of morpholine rings is 1. The summed E-state index contributed by atoms with van der Waals surface area (Å²) >= 11 is 0. The van der Waals surface area contributed by atoms with Crippen molar-refractivity contribution in [3.05, 3.63) is 24.3 Å². The number of nitrogens with zero attached hydrogens (tertiary/aromatic N) is 2. The minimum absolute atomic E-state index is 0.253. The predicted octanol–water partition coefficient (Wildman–Crippen LogP) is 3.59. The second-order valence-electron chi connectivity index (χ2n) is 8.63. The molecule has 0 radical (unpaired) electrons. The molecule has 2 saturated heterocycles. The highest BCUT2D eigenvalue weighted by Crippen LogP contribution is 2.26. The molecule has 0 spiro atoms. The van der Waals surface area contributed by atoms with E-state index in [0.29, 0.717) is 37.8 Å². The van der Waals surface area contributed by atoms with Gasteiger partial charge in [0.15, 0.2) is 11.5 Å². The lowest BCUT2D eigenvalue weighted by Crippen LogP contribution is -2.48. The monoisotopic (exact) mass is 418 g/mol. The van der Waals surface area contributed by atoms with E-state index < -0.39 is 0 Å². The molecular weight excluding hydrogens is 380 g/mol. The van der Waals surface area contributed by atoms with E-state index in [0.717, 1.165) is 63.5 Å². The third kappa shape index (κ3) is 6.88. The molecule has 6 heteroatoms. The van der Waals surface area contributed by atoms with E-state index in [9.17, 15) is 4.79 Å². The largest absolute Gasteiger partial charge is 0.490 e. The van der Waals surface area contributed by atoms with Crippen LogP contribution < -0.4 is 9.47 Å². The first kappa shape index (κ1) is 22.9. The molecular formula is C24H38N2O4. The van der Waals surface area contributed by atoms with Gasteiger partial charge >= 0.3 is 0 Å². The number of carbonyl (C=O) groups excluding carboxylic acids is 1. The van der Waals surface area contributed by atoms with Gasteiger partial charge in [-0.2, -0.15) is 0 Å². The maximum absolute atomic E-state index is 12.6. The third-order valence-corrected chi connectivity index (χ3v) is 5.92. The van der Waals surface area contributed by atoms with Gasteiger partial charge in [0.2, 0.25) is 5.91 Å². The fraction of sp³-hybridized carbons (Fsp3) is 0.708. The summed E-state index contributed by atoms with van der Waals surface area (Å²) in [5.41, 5.74) is 0. The van der Waals surface area contributed by atoms with E-state index in [1.54, 1.807) is 0 Å². The molecule has 168 valence electrons. The molecule has 2 heterocycles. The maximum atomic E-state index is 12.6. The van der Waals surface area contributed by atoms with Gasteiger partial charge in [-0.05, 0) is 58.1 Å². The van der Waals surface area contributed by atoms with E-state index in [1.165, 1.54) is 0 Å². The Morgan fingerprint density at radius 3 is 2.33 bits per heavy atom. The molecule has 0 saturated carbocycles. The van der Waals surface area contributed by atoms with Crippen LogP contribution in [0.1, 0.15) is 46.5 Å². The van der Waals surface area contributed by atoms with Crippen LogP contribution in [0, 0.1) is 5.92 Å². The molecule has 1 amide bonds. The average Bonchev–Trinajstić information content (AvgIpc) is 2.72. The van der Waals surface area contributed by atoms with Gasteiger partial charge in [-0.15, -0.1) is 0 Å². The number of likely N-dealkylation sites (tertiary alicyclic amines) is 1. The standard InChI is InChI=1S/C24H38N2O4/c1-4-28-22-8-5-6-9-23(22)29-15-7-10-24(27)26-13-11-21(12-14-26)18-25-16-19(2)30-20(3)17-25/h5-6,8-9,19-21H,4,7,10-18H2,1-3H3. The lowest BCUT2D eigenvalue weighted by molar-refractivity contribution is -0.133. The molecule has 1 aromatic carbocycles. The van der Waals surface area contributed by atoms with E-state index in [1.807, 2.05) is 36.1 Å². The smallest absolute Gasteiger partial charge is 0.222 e. The molecule has 0 aliphatic carbocycles. The Morgan fingerprint density at radius 2 is 1.70 bits per heavy atom. The average molecular weight is 419 g/mol. The first-order valence-electron chi connectivity index (χ1n) is 11.5. The van der Waals surface area contributed by atoms with Crippen molar-refractivity contribution in [3.63, 3.8) is 0 Å². The molecule has 2 unspecified atom stereocenters. The summed E-state index contributed by atoms with van der Waals surface area (Å²) in [6.07, 6.45) is 4.10. The van der Waals surface area contributed by atoms with Gasteiger partial charge in [0.25, 0.3) is 0 Å². The van der Waals surface area contributed by atoms with Crippen LogP contribution in [0.3, 0.4) is 0 Å². The molecule has 2 atom stereocenters. The van der Waals surface area contributed by atoms with Gasteiger partial charge in [-0.3, -0.25) is 9.69 Å². The molecule has 0 aromatic heterocycles. The molecule has 0 N–H and O–H groups in total. The Morgan fingerprint density at radius 1 is 1.07 bits per heavy atom. The van der Waals surface area contributed by atoms with Gasteiger partial charge in [-0.25, -0.2) is 0 Å². The first-order valence-corrected chi connectivity index (χ1v) is 11.5. The van der Waals surface area contributed by atoms with E-state index in [-0.39, 0.29) is 5.91 Å². The Hall–Kier alpha value is -1.79. The Bertz CT molecular complexity index is 650. The minimum Gasteiger partial charge on any atom is -0.490 e. The zero-order valence-electron chi connectivity index (χ0n) is 18.8. The van der Waals surface area contributed by atoms with Crippen LogP contribution in [0.4, 0.5) is 0 Å². The summed E-state index contributed by atoms with van der Waals surface area (Å²) in [7, 11) is 0. The Kier molecular flexibility index (Phi) is 8.82. The van der Waals surface area contributed by atoms with Crippen molar-refractivity contribution in [3.8, 4) is 11.5 Å². The Balaban J connectivity index is 1.33. The highest BCUT2D eigenvalue weighted by Gasteiger charge is 2.27.